The first kappa shape index (κ1) is 13.7. The van der Waals surface area contributed by atoms with Gasteiger partial charge in [-0.2, -0.15) is 0 Å². The highest BCUT2D eigenvalue weighted by molar-refractivity contribution is 5.88. The second kappa shape index (κ2) is 4.85. The number of rotatable bonds is 4. The maximum Gasteiger partial charge on any atom is 0.358 e. The first-order valence-corrected chi connectivity index (χ1v) is 5.25. The van der Waals surface area contributed by atoms with Gasteiger partial charge in [0.15, 0.2) is 5.69 Å². The average molecular weight is 242 g/mol. The van der Waals surface area contributed by atoms with Crippen LogP contribution in [-0.2, 0) is 15.1 Å². The van der Waals surface area contributed by atoms with Gasteiger partial charge in [0.05, 0.1) is 12.8 Å². The van der Waals surface area contributed by atoms with Crippen molar-refractivity contribution in [3.8, 4) is 0 Å². The van der Waals surface area contributed by atoms with E-state index in [4.69, 9.17) is 4.74 Å². The van der Waals surface area contributed by atoms with Crippen LogP contribution in [0.25, 0.3) is 0 Å². The van der Waals surface area contributed by atoms with Gasteiger partial charge >= 0.3 is 5.97 Å². The Morgan fingerprint density at radius 2 is 2.06 bits per heavy atom. The molecule has 96 valence electrons. The molecule has 0 aromatic carbocycles. The lowest BCUT2D eigenvalue weighted by atomic mass is 10.0. The number of hydrogen-bond donors (Lipinski definition) is 2. The van der Waals surface area contributed by atoms with E-state index in [0.717, 1.165) is 0 Å². The van der Waals surface area contributed by atoms with Crippen LogP contribution in [-0.4, -0.2) is 35.3 Å². The summed E-state index contributed by atoms with van der Waals surface area (Å²) in [6.45, 7) is 4.91. The number of ether oxygens (including phenoxy) is 2. The summed E-state index contributed by atoms with van der Waals surface area (Å²) in [5.41, 5.74) is -0.801. The molecule has 0 aliphatic carbocycles. The molecule has 1 heterocycles. The standard InChI is InChI=1S/C11H18N2O4/c1-6(16-4)9-12-7(10(14)17-5)8(13-9)11(2,3)15/h6,15H,1-5H3,(H,12,13). The number of carbonyl (C=O) groups is 1. The molecule has 1 aromatic heterocycles. The fourth-order valence-electron chi connectivity index (χ4n) is 1.38. The van der Waals surface area contributed by atoms with Crippen LogP contribution in [0.3, 0.4) is 0 Å². The topological polar surface area (TPSA) is 84.4 Å². The van der Waals surface area contributed by atoms with Crippen LogP contribution in [0.4, 0.5) is 0 Å². The largest absolute Gasteiger partial charge is 0.464 e. The number of methoxy groups -OCH3 is 2. The molecule has 1 unspecified atom stereocenters. The molecule has 0 radical (unpaired) electrons. The van der Waals surface area contributed by atoms with Crippen molar-refractivity contribution in [3.63, 3.8) is 0 Å². The average Bonchev–Trinajstić information content (AvgIpc) is 2.71. The van der Waals surface area contributed by atoms with Gasteiger partial charge < -0.3 is 19.6 Å². The lowest BCUT2D eigenvalue weighted by molar-refractivity contribution is 0.0538. The number of H-pyrrole nitrogens is 1. The number of hydrogen-bond acceptors (Lipinski definition) is 5. The van der Waals surface area contributed by atoms with Crippen molar-refractivity contribution >= 4 is 5.97 Å². The van der Waals surface area contributed by atoms with Crippen molar-refractivity contribution in [3.05, 3.63) is 17.2 Å². The summed E-state index contributed by atoms with van der Waals surface area (Å²) in [5.74, 6) is -0.113. The molecular formula is C11H18N2O4. The summed E-state index contributed by atoms with van der Waals surface area (Å²) < 4.78 is 9.73. The Hall–Kier alpha value is -1.40. The molecule has 0 saturated carbocycles. The molecule has 1 atom stereocenters. The number of nitrogens with zero attached hydrogens (tertiary/aromatic N) is 1. The highest BCUT2D eigenvalue weighted by Crippen LogP contribution is 2.25. The molecule has 0 bridgehead atoms. The van der Waals surface area contributed by atoms with Crippen molar-refractivity contribution in [1.82, 2.24) is 9.97 Å². The SMILES string of the molecule is COC(=O)c1nc(C(C)OC)[nH]c1C(C)(C)O. The van der Waals surface area contributed by atoms with Gasteiger partial charge in [0.1, 0.15) is 17.5 Å². The minimum absolute atomic E-state index is 0.0823. The number of aromatic amines is 1. The van der Waals surface area contributed by atoms with Gasteiger partial charge in [0, 0.05) is 7.11 Å². The Morgan fingerprint density at radius 1 is 1.47 bits per heavy atom. The van der Waals surface area contributed by atoms with E-state index in [0.29, 0.717) is 11.5 Å². The fourth-order valence-corrected chi connectivity index (χ4v) is 1.38. The first-order valence-electron chi connectivity index (χ1n) is 5.25. The molecule has 2 N–H and O–H groups in total. The third kappa shape index (κ3) is 2.83. The molecule has 0 aliphatic rings. The Bertz CT molecular complexity index is 406. The summed E-state index contributed by atoms with van der Waals surface area (Å²) in [7, 11) is 2.80. The van der Waals surface area contributed by atoms with Gasteiger partial charge in [-0.3, -0.25) is 0 Å². The number of aromatic nitrogens is 2. The summed E-state index contributed by atoms with van der Waals surface area (Å²) in [6.07, 6.45) is -0.297. The van der Waals surface area contributed by atoms with Gasteiger partial charge in [-0.1, -0.05) is 0 Å². The van der Waals surface area contributed by atoms with Crippen LogP contribution in [0.5, 0.6) is 0 Å². The van der Waals surface area contributed by atoms with Crippen LogP contribution in [0, 0.1) is 0 Å². The van der Waals surface area contributed by atoms with E-state index >= 15 is 0 Å². The Kier molecular flexibility index (Phi) is 3.90. The molecule has 6 heteroatoms. The van der Waals surface area contributed by atoms with E-state index in [-0.39, 0.29) is 11.8 Å². The summed E-state index contributed by atoms with van der Waals surface area (Å²) in [4.78, 5) is 18.6. The Labute approximate surface area is 100.0 Å². The van der Waals surface area contributed by atoms with Crippen molar-refractivity contribution in [2.75, 3.05) is 14.2 Å². The highest BCUT2D eigenvalue weighted by atomic mass is 16.5. The highest BCUT2D eigenvalue weighted by Gasteiger charge is 2.29. The van der Waals surface area contributed by atoms with Gasteiger partial charge in [-0.25, -0.2) is 9.78 Å². The van der Waals surface area contributed by atoms with E-state index < -0.39 is 11.6 Å². The minimum Gasteiger partial charge on any atom is -0.464 e. The molecule has 0 saturated heterocycles. The number of aliphatic hydroxyl groups is 1. The monoisotopic (exact) mass is 242 g/mol. The predicted octanol–water partition coefficient (Wildman–Crippen LogP) is 1.13. The van der Waals surface area contributed by atoms with Gasteiger partial charge in [-0.05, 0) is 20.8 Å². The van der Waals surface area contributed by atoms with E-state index in [1.807, 2.05) is 0 Å². The summed E-state index contributed by atoms with van der Waals surface area (Å²) in [5, 5.41) is 9.96. The molecule has 1 rings (SSSR count). The number of carbonyl (C=O) groups excluding carboxylic acids is 1. The summed E-state index contributed by atoms with van der Waals surface area (Å²) >= 11 is 0. The van der Waals surface area contributed by atoms with Gasteiger partial charge in [0.25, 0.3) is 0 Å². The van der Waals surface area contributed by atoms with Crippen LogP contribution >= 0.6 is 0 Å². The van der Waals surface area contributed by atoms with Crippen molar-refractivity contribution in [2.24, 2.45) is 0 Å². The van der Waals surface area contributed by atoms with E-state index in [2.05, 4.69) is 14.7 Å². The van der Waals surface area contributed by atoms with Crippen LogP contribution in [0.1, 0.15) is 48.9 Å². The maximum atomic E-state index is 11.5. The molecule has 0 amide bonds. The second-order valence-corrected chi connectivity index (χ2v) is 4.27. The molecule has 6 nitrogen and oxygen atoms in total. The Morgan fingerprint density at radius 3 is 2.47 bits per heavy atom. The molecule has 17 heavy (non-hydrogen) atoms. The molecule has 1 aromatic rings. The van der Waals surface area contributed by atoms with Gasteiger partial charge in [-0.15, -0.1) is 0 Å². The quantitative estimate of drug-likeness (QED) is 0.773. The number of nitrogens with one attached hydrogen (secondary N) is 1. The minimum atomic E-state index is -1.21. The van der Waals surface area contributed by atoms with Crippen molar-refractivity contribution in [2.45, 2.75) is 32.5 Å². The normalized spacial score (nSPS) is 13.5. The van der Waals surface area contributed by atoms with Crippen molar-refractivity contribution < 1.29 is 19.4 Å². The van der Waals surface area contributed by atoms with Crippen molar-refractivity contribution in [1.29, 1.82) is 0 Å². The zero-order valence-corrected chi connectivity index (χ0v) is 10.7. The first-order chi connectivity index (χ1) is 7.81. The fraction of sp³-hybridized carbons (Fsp3) is 0.636. The maximum absolute atomic E-state index is 11.5. The van der Waals surface area contributed by atoms with Crippen LogP contribution in [0.15, 0.2) is 0 Å². The zero-order valence-electron chi connectivity index (χ0n) is 10.7. The van der Waals surface area contributed by atoms with E-state index in [9.17, 15) is 9.90 Å². The van der Waals surface area contributed by atoms with Crippen LogP contribution in [0.2, 0.25) is 0 Å². The zero-order chi connectivity index (χ0) is 13.2. The van der Waals surface area contributed by atoms with E-state index in [1.54, 1.807) is 20.8 Å². The Balaban J connectivity index is 3.26. The summed E-state index contributed by atoms with van der Waals surface area (Å²) in [6, 6.07) is 0. The molecule has 0 aliphatic heterocycles. The molecular weight excluding hydrogens is 224 g/mol. The smallest absolute Gasteiger partial charge is 0.358 e. The van der Waals surface area contributed by atoms with Gasteiger partial charge in [0.2, 0.25) is 0 Å². The lowest BCUT2D eigenvalue weighted by Crippen LogP contribution is -2.20. The molecule has 0 spiro atoms. The molecule has 0 fully saturated rings. The third-order valence-electron chi connectivity index (χ3n) is 2.45. The number of imidazole rings is 1. The third-order valence-corrected chi connectivity index (χ3v) is 2.45. The van der Waals surface area contributed by atoms with Crippen LogP contribution < -0.4 is 0 Å². The number of esters is 1. The predicted molar refractivity (Wildman–Crippen MR) is 60.6 cm³/mol. The second-order valence-electron chi connectivity index (χ2n) is 4.27. The lowest BCUT2D eigenvalue weighted by Gasteiger charge is -2.16. The van der Waals surface area contributed by atoms with E-state index in [1.165, 1.54) is 14.2 Å².